The summed E-state index contributed by atoms with van der Waals surface area (Å²) in [4.78, 5) is 13.3. The highest BCUT2D eigenvalue weighted by Crippen LogP contribution is 2.39. The second-order valence-electron chi connectivity index (χ2n) is 11.1. The zero-order chi connectivity index (χ0) is 22.5. The number of hydrogen-bond donors (Lipinski definition) is 2. The number of rotatable bonds is 7. The van der Waals surface area contributed by atoms with Crippen LogP contribution in [0.4, 0.5) is 0 Å². The lowest BCUT2D eigenvalue weighted by Crippen LogP contribution is -2.38. The van der Waals surface area contributed by atoms with Crippen molar-refractivity contribution >= 4 is 16.8 Å². The molecular formula is C29H43N3O. The Labute approximate surface area is 199 Å². The molecule has 1 aromatic heterocycles. The first-order chi connectivity index (χ1) is 16.3. The van der Waals surface area contributed by atoms with Gasteiger partial charge in [0, 0.05) is 36.1 Å². The Balaban J connectivity index is 1.41. The molecule has 1 amide bonds. The summed E-state index contributed by atoms with van der Waals surface area (Å²) in [6.07, 6.45) is 18.5. The van der Waals surface area contributed by atoms with Crippen LogP contribution >= 0.6 is 0 Å². The van der Waals surface area contributed by atoms with Gasteiger partial charge in [-0.15, -0.1) is 0 Å². The van der Waals surface area contributed by atoms with E-state index in [0.29, 0.717) is 24.3 Å². The highest BCUT2D eigenvalue weighted by atomic mass is 16.1. The fourth-order valence-corrected chi connectivity index (χ4v) is 6.88. The summed E-state index contributed by atoms with van der Waals surface area (Å²) in [7, 11) is 0. The highest BCUT2D eigenvalue weighted by Gasteiger charge is 2.30. The Hall–Kier alpha value is -1.81. The van der Waals surface area contributed by atoms with Gasteiger partial charge in [0.2, 0.25) is 5.91 Å². The molecule has 1 atom stereocenters. The second-order valence-corrected chi connectivity index (χ2v) is 11.1. The van der Waals surface area contributed by atoms with E-state index in [2.05, 4.69) is 45.7 Å². The standard InChI is InChI=1S/C29H43N3O/c33-29(31-24-11-5-2-6-12-24)19-26(23-15-17-30-18-16-23)27-21-32(20-22-9-3-1-4-10-22)28-14-8-7-13-25(27)28/h7-8,13-14,21-24,26,30H,1-6,9-12,15-20H2,(H,31,33). The highest BCUT2D eigenvalue weighted by molar-refractivity contribution is 5.86. The van der Waals surface area contributed by atoms with Gasteiger partial charge in [0.1, 0.15) is 0 Å². The first kappa shape index (κ1) is 23.0. The van der Waals surface area contributed by atoms with E-state index in [1.54, 1.807) is 0 Å². The van der Waals surface area contributed by atoms with Gasteiger partial charge in [-0.3, -0.25) is 4.79 Å². The first-order valence-corrected chi connectivity index (χ1v) is 13.9. The number of carbonyl (C=O) groups is 1. The lowest BCUT2D eigenvalue weighted by atomic mass is 9.78. The Morgan fingerprint density at radius 1 is 0.939 bits per heavy atom. The Morgan fingerprint density at radius 3 is 2.39 bits per heavy atom. The minimum Gasteiger partial charge on any atom is -0.353 e. The van der Waals surface area contributed by atoms with Crippen molar-refractivity contribution in [3.05, 3.63) is 36.0 Å². The third-order valence-corrected chi connectivity index (χ3v) is 8.73. The molecule has 2 N–H and O–H groups in total. The molecule has 1 aliphatic heterocycles. The lowest BCUT2D eigenvalue weighted by Gasteiger charge is -2.31. The van der Waals surface area contributed by atoms with E-state index in [1.165, 1.54) is 80.7 Å². The number of fused-ring (bicyclic) bond motifs is 1. The van der Waals surface area contributed by atoms with E-state index in [9.17, 15) is 4.79 Å². The van der Waals surface area contributed by atoms with E-state index >= 15 is 0 Å². The Kier molecular flexibility index (Phi) is 7.71. The number of nitrogens with zero attached hydrogens (tertiary/aromatic N) is 1. The third-order valence-electron chi connectivity index (χ3n) is 8.73. The Morgan fingerprint density at radius 2 is 1.64 bits per heavy atom. The average Bonchev–Trinajstić information content (AvgIpc) is 3.22. The van der Waals surface area contributed by atoms with Crippen molar-refractivity contribution in [1.29, 1.82) is 0 Å². The van der Waals surface area contributed by atoms with Crippen LogP contribution in [-0.4, -0.2) is 29.6 Å². The van der Waals surface area contributed by atoms with Crippen LogP contribution in [0.3, 0.4) is 0 Å². The van der Waals surface area contributed by atoms with Gasteiger partial charge in [0.15, 0.2) is 0 Å². The molecule has 2 heterocycles. The van der Waals surface area contributed by atoms with Crippen LogP contribution in [0.1, 0.15) is 95.0 Å². The fourth-order valence-electron chi connectivity index (χ4n) is 6.88. The van der Waals surface area contributed by atoms with Gasteiger partial charge < -0.3 is 15.2 Å². The van der Waals surface area contributed by atoms with E-state index in [-0.39, 0.29) is 5.91 Å². The number of nitrogens with one attached hydrogen (secondary N) is 2. The van der Waals surface area contributed by atoms with E-state index in [0.717, 1.165) is 38.4 Å². The second kappa shape index (κ2) is 11.1. The SMILES string of the molecule is O=C(CC(c1cn(CC2CCCCC2)c2ccccc12)C1CCNCC1)NC1CCCCC1. The van der Waals surface area contributed by atoms with Crippen LogP contribution in [0.15, 0.2) is 30.5 Å². The van der Waals surface area contributed by atoms with Gasteiger partial charge in [-0.1, -0.05) is 56.7 Å². The number of aromatic nitrogens is 1. The first-order valence-electron chi connectivity index (χ1n) is 13.9. The quantitative estimate of drug-likeness (QED) is 0.533. The lowest BCUT2D eigenvalue weighted by molar-refractivity contribution is -0.122. The van der Waals surface area contributed by atoms with Crippen molar-refractivity contribution in [2.45, 2.75) is 102 Å². The van der Waals surface area contributed by atoms with E-state index < -0.39 is 0 Å². The van der Waals surface area contributed by atoms with E-state index in [4.69, 9.17) is 0 Å². The molecule has 3 aliphatic rings. The maximum atomic E-state index is 13.3. The number of benzene rings is 1. The van der Waals surface area contributed by atoms with Gasteiger partial charge in [-0.05, 0) is 81.0 Å². The zero-order valence-corrected chi connectivity index (χ0v) is 20.4. The van der Waals surface area contributed by atoms with Crippen LogP contribution in [0.2, 0.25) is 0 Å². The molecule has 3 fully saturated rings. The largest absolute Gasteiger partial charge is 0.353 e. The Bertz CT molecular complexity index is 901. The smallest absolute Gasteiger partial charge is 0.220 e. The molecule has 2 saturated carbocycles. The summed E-state index contributed by atoms with van der Waals surface area (Å²) in [5.74, 6) is 1.97. The molecule has 1 aromatic carbocycles. The van der Waals surface area contributed by atoms with Crippen molar-refractivity contribution in [2.24, 2.45) is 11.8 Å². The molecule has 2 aromatic rings. The van der Waals surface area contributed by atoms with Crippen LogP contribution in [0.25, 0.3) is 10.9 Å². The molecule has 180 valence electrons. The molecule has 1 saturated heterocycles. The molecule has 4 nitrogen and oxygen atoms in total. The summed E-state index contributed by atoms with van der Waals surface area (Å²) in [6.45, 7) is 3.28. The van der Waals surface area contributed by atoms with Gasteiger partial charge in [-0.2, -0.15) is 0 Å². The van der Waals surface area contributed by atoms with Crippen LogP contribution in [0, 0.1) is 11.8 Å². The molecule has 0 radical (unpaired) electrons. The van der Waals surface area contributed by atoms with Crippen molar-refractivity contribution in [1.82, 2.24) is 15.2 Å². The summed E-state index contributed by atoms with van der Waals surface area (Å²) in [6, 6.07) is 9.35. The monoisotopic (exact) mass is 449 g/mol. The minimum atomic E-state index is 0.273. The maximum absolute atomic E-state index is 13.3. The molecule has 1 unspecified atom stereocenters. The summed E-state index contributed by atoms with van der Waals surface area (Å²) < 4.78 is 2.54. The molecular weight excluding hydrogens is 406 g/mol. The fraction of sp³-hybridized carbons (Fsp3) is 0.690. The van der Waals surface area contributed by atoms with Crippen molar-refractivity contribution in [2.75, 3.05) is 13.1 Å². The molecule has 2 aliphatic carbocycles. The average molecular weight is 450 g/mol. The van der Waals surface area contributed by atoms with Crippen molar-refractivity contribution in [3.8, 4) is 0 Å². The number of carbonyl (C=O) groups excluding carboxylic acids is 1. The normalized spacial score (nSPS) is 22.4. The van der Waals surface area contributed by atoms with Gasteiger partial charge >= 0.3 is 0 Å². The number of hydrogen-bond acceptors (Lipinski definition) is 2. The number of para-hydroxylation sites is 1. The van der Waals surface area contributed by atoms with Crippen molar-refractivity contribution in [3.63, 3.8) is 0 Å². The molecule has 0 spiro atoms. The summed E-state index contributed by atoms with van der Waals surface area (Å²) in [5.41, 5.74) is 2.79. The molecule has 33 heavy (non-hydrogen) atoms. The van der Waals surface area contributed by atoms with E-state index in [1.807, 2.05) is 0 Å². The van der Waals surface area contributed by atoms with Crippen molar-refractivity contribution < 1.29 is 4.79 Å². The van der Waals surface area contributed by atoms with Crippen LogP contribution < -0.4 is 10.6 Å². The zero-order valence-electron chi connectivity index (χ0n) is 20.4. The minimum absolute atomic E-state index is 0.273. The predicted octanol–water partition coefficient (Wildman–Crippen LogP) is 6.14. The van der Waals surface area contributed by atoms with Gasteiger partial charge in [0.05, 0.1) is 0 Å². The summed E-state index contributed by atoms with van der Waals surface area (Å²) >= 11 is 0. The van der Waals surface area contributed by atoms with Crippen LogP contribution in [-0.2, 0) is 11.3 Å². The topological polar surface area (TPSA) is 46.1 Å². The summed E-state index contributed by atoms with van der Waals surface area (Å²) in [5, 5.41) is 8.33. The third kappa shape index (κ3) is 5.65. The number of amides is 1. The molecule has 0 bridgehead atoms. The molecule has 5 rings (SSSR count). The maximum Gasteiger partial charge on any atom is 0.220 e. The van der Waals surface area contributed by atoms with Gasteiger partial charge in [0.25, 0.3) is 0 Å². The number of piperidine rings is 1. The van der Waals surface area contributed by atoms with Gasteiger partial charge in [-0.25, -0.2) is 0 Å². The van der Waals surface area contributed by atoms with Crippen LogP contribution in [0.5, 0.6) is 0 Å². The molecule has 4 heteroatoms. The predicted molar refractivity (Wildman–Crippen MR) is 136 cm³/mol.